The fourth-order valence-corrected chi connectivity index (χ4v) is 3.06. The van der Waals surface area contributed by atoms with E-state index in [0.717, 1.165) is 18.5 Å². The number of nitrogens with one attached hydrogen (secondary N) is 1. The Bertz CT molecular complexity index is 572. The van der Waals surface area contributed by atoms with Crippen LogP contribution in [-0.2, 0) is 14.3 Å². The van der Waals surface area contributed by atoms with Gasteiger partial charge in [0.25, 0.3) is 5.91 Å². The SMILES string of the molecule is CC1CCC(C(=O)N2c3ccccc3NC(=O)CC2C)O1. The van der Waals surface area contributed by atoms with Crippen LogP contribution in [0.4, 0.5) is 11.4 Å². The number of carbonyl (C=O) groups excluding carboxylic acids is 2. The third-order valence-corrected chi connectivity index (χ3v) is 4.10. The molecule has 1 N–H and O–H groups in total. The number of hydrogen-bond donors (Lipinski definition) is 1. The lowest BCUT2D eigenvalue weighted by atomic mass is 10.1. The first-order valence-electron chi connectivity index (χ1n) is 7.43. The maximum atomic E-state index is 12.8. The topological polar surface area (TPSA) is 58.6 Å². The minimum atomic E-state index is -0.399. The van der Waals surface area contributed by atoms with Crippen molar-refractivity contribution in [3.8, 4) is 0 Å². The highest BCUT2D eigenvalue weighted by molar-refractivity contribution is 6.05. The van der Waals surface area contributed by atoms with E-state index in [2.05, 4.69) is 5.32 Å². The maximum Gasteiger partial charge on any atom is 0.256 e. The van der Waals surface area contributed by atoms with Crippen LogP contribution in [0.25, 0.3) is 0 Å². The fourth-order valence-electron chi connectivity index (χ4n) is 3.06. The quantitative estimate of drug-likeness (QED) is 0.862. The number of hydrogen-bond acceptors (Lipinski definition) is 3. The Labute approximate surface area is 124 Å². The number of ether oxygens (including phenoxy) is 1. The van der Waals surface area contributed by atoms with Crippen LogP contribution in [0.2, 0.25) is 0 Å². The molecule has 2 heterocycles. The second-order valence-electron chi connectivity index (χ2n) is 5.84. The zero-order valence-electron chi connectivity index (χ0n) is 12.3. The van der Waals surface area contributed by atoms with E-state index in [1.54, 1.807) is 4.90 Å². The molecule has 5 heteroatoms. The van der Waals surface area contributed by atoms with Crippen molar-refractivity contribution < 1.29 is 14.3 Å². The molecule has 112 valence electrons. The van der Waals surface area contributed by atoms with Gasteiger partial charge in [0, 0.05) is 12.5 Å². The Hall–Kier alpha value is -1.88. The average Bonchev–Trinajstić information content (AvgIpc) is 2.81. The van der Waals surface area contributed by atoms with Gasteiger partial charge in [0.05, 0.1) is 17.5 Å². The summed E-state index contributed by atoms with van der Waals surface area (Å²) in [5.74, 6) is -0.109. The van der Waals surface area contributed by atoms with Gasteiger partial charge in [-0.05, 0) is 38.8 Å². The molecule has 1 aromatic rings. The van der Waals surface area contributed by atoms with Crippen LogP contribution in [-0.4, -0.2) is 30.1 Å². The fraction of sp³-hybridized carbons (Fsp3) is 0.500. The van der Waals surface area contributed by atoms with Crippen molar-refractivity contribution in [2.75, 3.05) is 10.2 Å². The molecule has 2 aliphatic heterocycles. The molecule has 0 spiro atoms. The summed E-state index contributed by atoms with van der Waals surface area (Å²) in [7, 11) is 0. The molecule has 3 rings (SSSR count). The molecule has 21 heavy (non-hydrogen) atoms. The summed E-state index contributed by atoms with van der Waals surface area (Å²) in [5, 5.41) is 2.86. The minimum absolute atomic E-state index is 0.0456. The van der Waals surface area contributed by atoms with Gasteiger partial charge in [-0.1, -0.05) is 12.1 Å². The van der Waals surface area contributed by atoms with Crippen molar-refractivity contribution >= 4 is 23.2 Å². The van der Waals surface area contributed by atoms with Crippen LogP contribution < -0.4 is 10.2 Å². The van der Waals surface area contributed by atoms with Gasteiger partial charge in [0.1, 0.15) is 6.10 Å². The van der Waals surface area contributed by atoms with Crippen molar-refractivity contribution in [3.05, 3.63) is 24.3 Å². The molecular formula is C16H20N2O3. The van der Waals surface area contributed by atoms with Crippen molar-refractivity contribution in [2.24, 2.45) is 0 Å². The Morgan fingerprint density at radius 2 is 2.05 bits per heavy atom. The highest BCUT2D eigenvalue weighted by atomic mass is 16.5. The lowest BCUT2D eigenvalue weighted by Gasteiger charge is -2.30. The van der Waals surface area contributed by atoms with Gasteiger partial charge in [-0.15, -0.1) is 0 Å². The maximum absolute atomic E-state index is 12.8. The summed E-state index contributed by atoms with van der Waals surface area (Å²) >= 11 is 0. The predicted octanol–water partition coefficient (Wildman–Crippen LogP) is 2.32. The number of amides is 2. The van der Waals surface area contributed by atoms with Crippen LogP contribution in [0.3, 0.4) is 0 Å². The molecular weight excluding hydrogens is 268 g/mol. The number of para-hydroxylation sites is 2. The molecule has 3 atom stereocenters. The third-order valence-electron chi connectivity index (χ3n) is 4.10. The van der Waals surface area contributed by atoms with Crippen molar-refractivity contribution in [1.29, 1.82) is 0 Å². The molecule has 0 aromatic heterocycles. The average molecular weight is 288 g/mol. The van der Waals surface area contributed by atoms with E-state index in [1.165, 1.54) is 0 Å². The molecule has 0 aliphatic carbocycles. The van der Waals surface area contributed by atoms with Crippen LogP contribution in [0.1, 0.15) is 33.1 Å². The van der Waals surface area contributed by atoms with E-state index in [0.29, 0.717) is 12.1 Å². The first-order chi connectivity index (χ1) is 10.1. The lowest BCUT2D eigenvalue weighted by Crippen LogP contribution is -2.44. The smallest absolute Gasteiger partial charge is 0.256 e. The van der Waals surface area contributed by atoms with E-state index in [9.17, 15) is 9.59 Å². The molecule has 1 aromatic carbocycles. The number of nitrogens with zero attached hydrogens (tertiary/aromatic N) is 1. The number of anilines is 2. The third kappa shape index (κ3) is 2.65. The van der Waals surface area contributed by atoms with Gasteiger partial charge in [0.2, 0.25) is 5.91 Å². The van der Waals surface area contributed by atoms with Gasteiger partial charge in [-0.2, -0.15) is 0 Å². The first-order valence-corrected chi connectivity index (χ1v) is 7.43. The zero-order valence-corrected chi connectivity index (χ0v) is 12.3. The van der Waals surface area contributed by atoms with E-state index >= 15 is 0 Å². The van der Waals surface area contributed by atoms with E-state index < -0.39 is 6.10 Å². The Kier molecular flexibility index (Phi) is 3.68. The first kappa shape index (κ1) is 14.1. The second kappa shape index (κ2) is 5.48. The summed E-state index contributed by atoms with van der Waals surface area (Å²) in [5.41, 5.74) is 1.44. The van der Waals surface area contributed by atoms with Gasteiger partial charge in [-0.3, -0.25) is 9.59 Å². The van der Waals surface area contributed by atoms with Gasteiger partial charge in [-0.25, -0.2) is 0 Å². The molecule has 0 saturated carbocycles. The monoisotopic (exact) mass is 288 g/mol. The highest BCUT2D eigenvalue weighted by Gasteiger charge is 2.36. The lowest BCUT2D eigenvalue weighted by molar-refractivity contribution is -0.129. The molecule has 0 radical (unpaired) electrons. The number of fused-ring (bicyclic) bond motifs is 1. The molecule has 1 fully saturated rings. The number of carbonyl (C=O) groups is 2. The van der Waals surface area contributed by atoms with Crippen LogP contribution in [0.15, 0.2) is 24.3 Å². The minimum Gasteiger partial charge on any atom is -0.365 e. The van der Waals surface area contributed by atoms with Crippen LogP contribution >= 0.6 is 0 Å². The van der Waals surface area contributed by atoms with Gasteiger partial charge < -0.3 is 15.0 Å². The predicted molar refractivity (Wildman–Crippen MR) is 80.2 cm³/mol. The van der Waals surface area contributed by atoms with Gasteiger partial charge in [0.15, 0.2) is 0 Å². The standard InChI is InChI=1S/C16H20N2O3/c1-10-9-15(19)17-12-5-3-4-6-13(12)18(10)16(20)14-8-7-11(2)21-14/h3-6,10-11,14H,7-9H2,1-2H3,(H,17,19). The number of rotatable bonds is 1. The van der Waals surface area contributed by atoms with Crippen LogP contribution in [0, 0.1) is 0 Å². The molecule has 1 saturated heterocycles. The molecule has 2 amide bonds. The molecule has 5 nitrogen and oxygen atoms in total. The summed E-state index contributed by atoms with van der Waals surface area (Å²) in [4.78, 5) is 26.5. The number of benzene rings is 1. The highest BCUT2D eigenvalue weighted by Crippen LogP contribution is 2.33. The second-order valence-corrected chi connectivity index (χ2v) is 5.84. The van der Waals surface area contributed by atoms with E-state index in [-0.39, 0.29) is 24.0 Å². The molecule has 2 aliphatic rings. The summed E-state index contributed by atoms with van der Waals surface area (Å²) in [6.07, 6.45) is 1.66. The summed E-state index contributed by atoms with van der Waals surface area (Å²) in [6, 6.07) is 7.24. The Morgan fingerprint density at radius 1 is 1.29 bits per heavy atom. The normalized spacial score (nSPS) is 28.8. The van der Waals surface area contributed by atoms with E-state index in [4.69, 9.17) is 4.74 Å². The largest absolute Gasteiger partial charge is 0.365 e. The molecule has 3 unspecified atom stereocenters. The van der Waals surface area contributed by atoms with Crippen molar-refractivity contribution in [1.82, 2.24) is 0 Å². The van der Waals surface area contributed by atoms with E-state index in [1.807, 2.05) is 38.1 Å². The summed E-state index contributed by atoms with van der Waals surface area (Å²) < 4.78 is 5.71. The molecule has 0 bridgehead atoms. The van der Waals surface area contributed by atoms with Crippen LogP contribution in [0.5, 0.6) is 0 Å². The van der Waals surface area contributed by atoms with Crippen molar-refractivity contribution in [3.63, 3.8) is 0 Å². The van der Waals surface area contributed by atoms with Crippen molar-refractivity contribution in [2.45, 2.75) is 51.4 Å². The Balaban J connectivity index is 1.95. The Morgan fingerprint density at radius 3 is 2.76 bits per heavy atom. The zero-order chi connectivity index (χ0) is 15.0. The summed E-state index contributed by atoms with van der Waals surface area (Å²) in [6.45, 7) is 3.89. The van der Waals surface area contributed by atoms with Gasteiger partial charge >= 0.3 is 0 Å².